The minimum absolute atomic E-state index is 0.0338. The number of ether oxygens (including phenoxy) is 10. The van der Waals surface area contributed by atoms with Gasteiger partial charge in [0.05, 0.1) is 41.7 Å². The summed E-state index contributed by atoms with van der Waals surface area (Å²) in [5.74, 6) is 0.317. The van der Waals surface area contributed by atoms with Crippen molar-refractivity contribution in [3.05, 3.63) is 47.5 Å². The van der Waals surface area contributed by atoms with Crippen molar-refractivity contribution in [2.24, 2.45) is 0 Å². The Morgan fingerprint density at radius 1 is 0.481 bits per heavy atom. The highest BCUT2D eigenvalue weighted by Gasteiger charge is 2.47. The van der Waals surface area contributed by atoms with Crippen LogP contribution in [0.15, 0.2) is 36.4 Å². The van der Waals surface area contributed by atoms with E-state index in [1.165, 1.54) is 77.0 Å². The Kier molecular flexibility index (Phi) is 13.2. The van der Waals surface area contributed by atoms with Gasteiger partial charge in [-0.15, -0.1) is 0 Å². The summed E-state index contributed by atoms with van der Waals surface area (Å²) in [4.78, 5) is 0. The van der Waals surface area contributed by atoms with Gasteiger partial charge in [-0.05, 0) is 47.5 Å². The number of aliphatic hydroxyl groups is 8. The molecule has 6 heterocycles. The molecule has 12 unspecified atom stereocenters. The Morgan fingerprint density at radius 2 is 0.808 bits per heavy atom. The summed E-state index contributed by atoms with van der Waals surface area (Å²) in [6.45, 7) is -0.910. The monoisotopic (exact) mass is 740 g/mol. The first-order chi connectivity index (χ1) is 24.9. The van der Waals surface area contributed by atoms with Gasteiger partial charge in [-0.25, -0.2) is 0 Å². The predicted octanol–water partition coefficient (Wildman–Crippen LogP) is -1.50. The topological polar surface area (TPSA) is 254 Å². The van der Waals surface area contributed by atoms with Crippen molar-refractivity contribution >= 4 is 12.2 Å². The molecule has 0 amide bonds. The zero-order chi connectivity index (χ0) is 37.7. The Hall–Kier alpha value is -3.76. The van der Waals surface area contributed by atoms with Gasteiger partial charge < -0.3 is 88.2 Å². The smallest absolute Gasteiger partial charge is 0.229 e. The van der Waals surface area contributed by atoms with Crippen molar-refractivity contribution in [1.29, 1.82) is 0 Å². The Balaban J connectivity index is 1.49. The highest BCUT2D eigenvalue weighted by atomic mass is 16.7. The molecule has 6 aliphatic rings. The van der Waals surface area contributed by atoms with Crippen LogP contribution < -0.4 is 28.4 Å². The van der Waals surface area contributed by atoms with Crippen molar-refractivity contribution in [3.8, 4) is 34.5 Å². The number of benzene rings is 2. The van der Waals surface area contributed by atoms with E-state index in [9.17, 15) is 40.9 Å². The molecule has 8 bridgehead atoms. The number of aliphatic hydroxyl groups excluding tert-OH is 8. The standard InChI is InChI=1S/C34H44O18/c1-43-17-9-15-5-7-23(35)47-14-22-26(38)28(40)30(42)34(50-22)52-32-19(45-3)11-16(12-20(32)46-4)6-8-24(36)48-13-21-25(37)27(39)29(41)33(49-21)51-31(17)18(10-15)44-2/h5-12,21-30,33-42H,13-14H2,1-4H3. The van der Waals surface area contributed by atoms with Gasteiger partial charge in [-0.3, -0.25) is 0 Å². The van der Waals surface area contributed by atoms with Gasteiger partial charge in [0.1, 0.15) is 48.8 Å². The second-order valence-corrected chi connectivity index (χ2v) is 11.9. The molecule has 0 aromatic heterocycles. The maximum Gasteiger partial charge on any atom is 0.229 e. The fourth-order valence-corrected chi connectivity index (χ4v) is 5.65. The van der Waals surface area contributed by atoms with E-state index in [2.05, 4.69) is 0 Å². The molecule has 18 heteroatoms. The molecule has 288 valence electrons. The van der Waals surface area contributed by atoms with Crippen molar-refractivity contribution in [2.45, 2.75) is 74.0 Å². The fraction of sp³-hybridized carbons (Fsp3) is 0.529. The molecule has 2 saturated heterocycles. The quantitative estimate of drug-likeness (QED) is 0.178. The summed E-state index contributed by atoms with van der Waals surface area (Å²) in [6, 6.07) is 5.99. The third kappa shape index (κ3) is 8.71. The average Bonchev–Trinajstić information content (AvgIpc) is 3.15. The molecule has 0 spiro atoms. The van der Waals surface area contributed by atoms with Crippen LogP contribution in [-0.2, 0) is 18.9 Å². The Labute approximate surface area is 298 Å². The number of hydrogen-bond acceptors (Lipinski definition) is 18. The van der Waals surface area contributed by atoms with E-state index in [0.29, 0.717) is 11.1 Å². The third-order valence-electron chi connectivity index (χ3n) is 8.54. The number of hydrogen-bond donors (Lipinski definition) is 8. The molecule has 12 atom stereocenters. The maximum absolute atomic E-state index is 10.7. The normalized spacial score (nSPS) is 34.2. The lowest BCUT2D eigenvalue weighted by molar-refractivity contribution is -0.284. The summed E-state index contributed by atoms with van der Waals surface area (Å²) in [6.07, 6.45) is -13.6. The maximum atomic E-state index is 10.7. The predicted molar refractivity (Wildman–Crippen MR) is 176 cm³/mol. The third-order valence-corrected chi connectivity index (χ3v) is 8.54. The van der Waals surface area contributed by atoms with Crippen LogP contribution in [0.1, 0.15) is 11.1 Å². The molecular weight excluding hydrogens is 696 g/mol. The summed E-state index contributed by atoms with van der Waals surface area (Å²) >= 11 is 0. The largest absolute Gasteiger partial charge is 0.493 e. The van der Waals surface area contributed by atoms with Gasteiger partial charge in [0.25, 0.3) is 0 Å². The lowest BCUT2D eigenvalue weighted by Gasteiger charge is -2.40. The molecule has 0 radical (unpaired) electrons. The van der Waals surface area contributed by atoms with E-state index in [-0.39, 0.29) is 34.5 Å². The van der Waals surface area contributed by atoms with Crippen LogP contribution in [0.25, 0.3) is 12.2 Å². The molecule has 2 fully saturated rings. The van der Waals surface area contributed by atoms with Crippen LogP contribution >= 0.6 is 0 Å². The van der Waals surface area contributed by atoms with Gasteiger partial charge in [-0.2, -0.15) is 0 Å². The molecule has 18 nitrogen and oxygen atoms in total. The van der Waals surface area contributed by atoms with E-state index in [0.717, 1.165) is 0 Å². The van der Waals surface area contributed by atoms with Crippen LogP contribution in [0.2, 0.25) is 0 Å². The average molecular weight is 741 g/mol. The zero-order valence-electron chi connectivity index (χ0n) is 28.6. The summed E-state index contributed by atoms with van der Waals surface area (Å²) in [5.41, 5.74) is 0.850. The summed E-state index contributed by atoms with van der Waals surface area (Å²) in [5, 5.41) is 85.1. The second-order valence-electron chi connectivity index (χ2n) is 11.9. The van der Waals surface area contributed by atoms with Crippen LogP contribution in [0.3, 0.4) is 0 Å². The SMILES string of the molecule is COc1cc2cc(OC)c1OC1OC(COC(O)C=Cc3cc(OC)c(c(OC)c3)OC3OC(COC(O)C=C2)C(O)C(O)C3O)C(O)C(O)C1O. The summed E-state index contributed by atoms with van der Waals surface area (Å²) < 4.78 is 56.1. The first kappa shape index (κ1) is 39.4. The molecule has 2 aromatic rings. The van der Waals surface area contributed by atoms with Crippen molar-refractivity contribution in [1.82, 2.24) is 0 Å². The molecule has 0 saturated carbocycles. The highest BCUT2D eigenvalue weighted by molar-refractivity contribution is 5.63. The van der Waals surface area contributed by atoms with Gasteiger partial charge in [-0.1, -0.05) is 12.2 Å². The molecule has 8 rings (SSSR count). The Morgan fingerprint density at radius 3 is 1.12 bits per heavy atom. The minimum Gasteiger partial charge on any atom is -0.493 e. The van der Waals surface area contributed by atoms with Crippen LogP contribution in [0.4, 0.5) is 0 Å². The molecule has 52 heavy (non-hydrogen) atoms. The van der Waals surface area contributed by atoms with Gasteiger partial charge in [0.2, 0.25) is 24.1 Å². The highest BCUT2D eigenvalue weighted by Crippen LogP contribution is 2.42. The van der Waals surface area contributed by atoms with E-state index in [4.69, 9.17) is 47.4 Å². The van der Waals surface area contributed by atoms with Crippen molar-refractivity contribution in [3.63, 3.8) is 0 Å². The van der Waals surface area contributed by atoms with E-state index >= 15 is 0 Å². The first-order valence-electron chi connectivity index (χ1n) is 16.1. The fourth-order valence-electron chi connectivity index (χ4n) is 5.65. The van der Waals surface area contributed by atoms with Crippen LogP contribution in [-0.4, -0.2) is 156 Å². The molecule has 8 N–H and O–H groups in total. The molecule has 6 aliphatic heterocycles. The first-order valence-corrected chi connectivity index (χ1v) is 16.1. The zero-order valence-corrected chi connectivity index (χ0v) is 28.6. The van der Waals surface area contributed by atoms with E-state index < -0.39 is 87.2 Å². The molecular formula is C34H44O18. The van der Waals surface area contributed by atoms with E-state index in [1.807, 2.05) is 0 Å². The van der Waals surface area contributed by atoms with E-state index in [1.54, 1.807) is 0 Å². The number of rotatable bonds is 4. The second kappa shape index (κ2) is 17.4. The van der Waals surface area contributed by atoms with Crippen molar-refractivity contribution < 1.29 is 88.2 Å². The van der Waals surface area contributed by atoms with Crippen molar-refractivity contribution in [2.75, 3.05) is 41.7 Å². The lowest BCUT2D eigenvalue weighted by Crippen LogP contribution is -2.60. The minimum atomic E-state index is -1.73. The summed E-state index contributed by atoms with van der Waals surface area (Å²) in [7, 11) is 5.36. The molecule has 2 aromatic carbocycles. The van der Waals surface area contributed by atoms with Crippen LogP contribution in [0.5, 0.6) is 34.5 Å². The lowest BCUT2D eigenvalue weighted by atomic mass is 9.99. The van der Waals surface area contributed by atoms with Crippen LogP contribution in [0, 0.1) is 0 Å². The number of methoxy groups -OCH3 is 4. The molecule has 0 aliphatic carbocycles. The van der Waals surface area contributed by atoms with Gasteiger partial charge in [0, 0.05) is 0 Å². The van der Waals surface area contributed by atoms with Gasteiger partial charge >= 0.3 is 0 Å². The van der Waals surface area contributed by atoms with Gasteiger partial charge in [0.15, 0.2) is 35.6 Å². The Bertz CT molecular complexity index is 1390.